The van der Waals surface area contributed by atoms with E-state index < -0.39 is 55.3 Å². The van der Waals surface area contributed by atoms with Crippen LogP contribution in [0.25, 0.3) is 32.9 Å². The molecule has 0 saturated carbocycles. The van der Waals surface area contributed by atoms with Crippen LogP contribution in [0.2, 0.25) is 0 Å². The Hall–Kier alpha value is -4.69. The van der Waals surface area contributed by atoms with Crippen molar-refractivity contribution in [2.75, 3.05) is 13.1 Å². The molecule has 0 aliphatic rings. The van der Waals surface area contributed by atoms with Crippen LogP contribution in [0.1, 0.15) is 0 Å². The van der Waals surface area contributed by atoms with Crippen LogP contribution >= 0.6 is 0 Å². The van der Waals surface area contributed by atoms with Crippen molar-refractivity contribution in [3.05, 3.63) is 42.5 Å². The molecule has 0 aliphatic heterocycles. The van der Waals surface area contributed by atoms with Crippen LogP contribution in [-0.4, -0.2) is 61.9 Å². The van der Waals surface area contributed by atoms with Gasteiger partial charge in [-0.25, -0.2) is 4.39 Å². The van der Waals surface area contributed by atoms with Crippen LogP contribution in [0, 0.1) is 5.82 Å². The first kappa shape index (κ1) is 25.4. The normalized spacial score (nSPS) is 11.6. The number of carbonyl (C=O) groups excluding carboxylic acids is 2. The average Bonchev–Trinajstić information content (AvgIpc) is 3.39. The van der Waals surface area contributed by atoms with Crippen molar-refractivity contribution in [3.8, 4) is 16.9 Å². The summed E-state index contributed by atoms with van der Waals surface area (Å²) in [4.78, 5) is 34.5. The molecule has 2 heterocycles. The molecule has 0 atom stereocenters. The molecule has 0 aliphatic carbocycles. The third-order valence-corrected chi connectivity index (χ3v) is 5.29. The Bertz CT molecular complexity index is 1530. The minimum Gasteiger partial charge on any atom is -0.480 e. The molecule has 2 aromatic carbocycles. The molecule has 0 spiro atoms. The van der Waals surface area contributed by atoms with E-state index in [2.05, 4.69) is 20.3 Å². The van der Waals surface area contributed by atoms with Crippen LogP contribution in [0.4, 0.5) is 17.6 Å². The summed E-state index contributed by atoms with van der Waals surface area (Å²) in [5.74, 6) is -4.19. The number of alkyl halides is 3. The highest BCUT2D eigenvalue weighted by Crippen LogP contribution is 2.38. The van der Waals surface area contributed by atoms with E-state index in [1.54, 1.807) is 7.05 Å². The van der Waals surface area contributed by atoms with Gasteiger partial charge in [0.2, 0.25) is 11.8 Å². The van der Waals surface area contributed by atoms with Crippen molar-refractivity contribution in [3.63, 3.8) is 0 Å². The van der Waals surface area contributed by atoms with Gasteiger partial charge in [-0.1, -0.05) is 0 Å². The van der Waals surface area contributed by atoms with Crippen LogP contribution in [0.5, 0.6) is 5.75 Å². The van der Waals surface area contributed by atoms with Gasteiger partial charge in [-0.3, -0.25) is 23.7 Å². The van der Waals surface area contributed by atoms with E-state index in [0.717, 1.165) is 10.7 Å². The molecule has 4 rings (SSSR count). The number of aryl methyl sites for hydroxylation is 1. The predicted octanol–water partition coefficient (Wildman–Crippen LogP) is 1.94. The third kappa shape index (κ3) is 5.60. The van der Waals surface area contributed by atoms with E-state index in [1.165, 1.54) is 35.3 Å². The SMILES string of the molecule is Cn1ncc2cc(F)c(-c3ccc(OC(F)(F)F)c4c3cnn4CC(=O)NCC(=O)NCC(=O)O)cc21. The Morgan fingerprint density at radius 1 is 1.03 bits per heavy atom. The maximum absolute atomic E-state index is 15.0. The lowest BCUT2D eigenvalue weighted by molar-refractivity contribution is -0.274. The second-order valence-electron chi connectivity index (χ2n) is 7.83. The highest BCUT2D eigenvalue weighted by molar-refractivity contribution is 6.00. The van der Waals surface area contributed by atoms with Gasteiger partial charge in [-0.15, -0.1) is 13.2 Å². The largest absolute Gasteiger partial charge is 0.573 e. The number of ether oxygens (including phenoxy) is 1. The van der Waals surface area contributed by atoms with Crippen molar-refractivity contribution < 1.29 is 41.8 Å². The number of nitrogens with one attached hydrogen (secondary N) is 2. The first-order valence-electron chi connectivity index (χ1n) is 10.5. The van der Waals surface area contributed by atoms with E-state index in [1.807, 2.05) is 5.32 Å². The van der Waals surface area contributed by atoms with E-state index in [4.69, 9.17) is 5.11 Å². The zero-order valence-electron chi connectivity index (χ0n) is 19.0. The molecular weight excluding hydrogens is 504 g/mol. The summed E-state index contributed by atoms with van der Waals surface area (Å²) < 4.78 is 60.8. The summed E-state index contributed by atoms with van der Waals surface area (Å²) in [5, 5.41) is 21.5. The van der Waals surface area contributed by atoms with Gasteiger partial charge in [0.25, 0.3) is 0 Å². The minimum atomic E-state index is -5.06. The number of aliphatic carboxylic acids is 1. The van der Waals surface area contributed by atoms with Gasteiger partial charge in [0.1, 0.15) is 24.4 Å². The van der Waals surface area contributed by atoms with Crippen LogP contribution in [-0.2, 0) is 28.0 Å². The summed E-state index contributed by atoms with van der Waals surface area (Å²) in [5.41, 5.74) is 0.613. The number of hydrogen-bond acceptors (Lipinski definition) is 6. The summed E-state index contributed by atoms with van der Waals surface area (Å²) in [6.07, 6.45) is -2.42. The number of rotatable bonds is 8. The zero-order chi connectivity index (χ0) is 26.9. The van der Waals surface area contributed by atoms with Gasteiger partial charge in [-0.2, -0.15) is 10.2 Å². The predicted molar refractivity (Wildman–Crippen MR) is 120 cm³/mol. The molecule has 0 saturated heterocycles. The van der Waals surface area contributed by atoms with Crippen LogP contribution < -0.4 is 15.4 Å². The molecular formula is C22H18F4N6O5. The quantitative estimate of drug-likeness (QED) is 0.301. The van der Waals surface area contributed by atoms with Crippen LogP contribution in [0.15, 0.2) is 36.7 Å². The average molecular weight is 522 g/mol. The lowest BCUT2D eigenvalue weighted by Gasteiger charge is -2.14. The maximum Gasteiger partial charge on any atom is 0.573 e. The number of amides is 2. The summed E-state index contributed by atoms with van der Waals surface area (Å²) in [6.45, 7) is -1.84. The van der Waals surface area contributed by atoms with Gasteiger partial charge in [0.15, 0.2) is 5.75 Å². The number of hydrogen-bond donors (Lipinski definition) is 3. The summed E-state index contributed by atoms with van der Waals surface area (Å²) in [6, 6.07) is 4.99. The fraction of sp³-hybridized carbons (Fsp3) is 0.227. The van der Waals surface area contributed by atoms with Gasteiger partial charge in [0.05, 0.1) is 24.5 Å². The molecule has 0 fully saturated rings. The highest BCUT2D eigenvalue weighted by Gasteiger charge is 2.33. The maximum atomic E-state index is 15.0. The lowest BCUT2D eigenvalue weighted by atomic mass is 9.99. The number of benzene rings is 2. The molecule has 194 valence electrons. The Balaban J connectivity index is 1.70. The number of nitrogens with zero attached hydrogens (tertiary/aromatic N) is 4. The minimum absolute atomic E-state index is 0.0683. The fourth-order valence-electron chi connectivity index (χ4n) is 3.72. The summed E-state index contributed by atoms with van der Waals surface area (Å²) >= 11 is 0. The number of aromatic nitrogens is 4. The Morgan fingerprint density at radius 2 is 1.76 bits per heavy atom. The van der Waals surface area contributed by atoms with Crippen molar-refractivity contribution >= 4 is 39.6 Å². The molecule has 15 heteroatoms. The topological polar surface area (TPSA) is 140 Å². The second kappa shape index (κ2) is 9.75. The van der Waals surface area contributed by atoms with Crippen LogP contribution in [0.3, 0.4) is 0 Å². The van der Waals surface area contributed by atoms with Crippen molar-refractivity contribution in [1.82, 2.24) is 30.2 Å². The van der Waals surface area contributed by atoms with Crippen molar-refractivity contribution in [2.45, 2.75) is 12.9 Å². The standard InChI is InChI=1S/C22H18F4N6O5/c1-31-16-5-13(15(23)4-11(16)6-29-31)12-2-3-17(37-22(24,25)26)21-14(12)7-30-32(21)10-19(34)27-8-18(33)28-9-20(35)36/h2-7H,8-10H2,1H3,(H,27,34)(H,28,33)(H,35,36). The van der Waals surface area contributed by atoms with Crippen molar-refractivity contribution in [2.24, 2.45) is 7.05 Å². The monoisotopic (exact) mass is 522 g/mol. The third-order valence-electron chi connectivity index (χ3n) is 5.29. The van der Waals surface area contributed by atoms with Gasteiger partial charge in [0, 0.05) is 23.4 Å². The second-order valence-corrected chi connectivity index (χ2v) is 7.83. The smallest absolute Gasteiger partial charge is 0.480 e. The Labute approximate surface area is 204 Å². The van der Waals surface area contributed by atoms with Gasteiger partial charge in [-0.05, 0) is 29.8 Å². The molecule has 4 aromatic rings. The van der Waals surface area contributed by atoms with Gasteiger partial charge < -0.3 is 20.5 Å². The number of carboxylic acid groups (broad SMARTS) is 1. The first-order valence-corrected chi connectivity index (χ1v) is 10.5. The molecule has 11 nitrogen and oxygen atoms in total. The van der Waals surface area contributed by atoms with Gasteiger partial charge >= 0.3 is 12.3 Å². The van der Waals surface area contributed by atoms with E-state index in [0.29, 0.717) is 10.9 Å². The molecule has 2 amide bonds. The first-order chi connectivity index (χ1) is 17.4. The van der Waals surface area contributed by atoms with E-state index in [9.17, 15) is 27.6 Å². The molecule has 2 aromatic heterocycles. The number of halogens is 4. The Morgan fingerprint density at radius 3 is 2.46 bits per heavy atom. The molecule has 0 radical (unpaired) electrons. The Kier molecular flexibility index (Phi) is 6.70. The number of carbonyl (C=O) groups is 3. The van der Waals surface area contributed by atoms with Crippen molar-refractivity contribution in [1.29, 1.82) is 0 Å². The number of carboxylic acids is 1. The zero-order valence-corrected chi connectivity index (χ0v) is 19.0. The fourth-order valence-corrected chi connectivity index (χ4v) is 3.72. The molecule has 0 bridgehead atoms. The lowest BCUT2D eigenvalue weighted by Crippen LogP contribution is -2.40. The summed E-state index contributed by atoms with van der Waals surface area (Å²) in [7, 11) is 1.65. The van der Waals surface area contributed by atoms with E-state index in [-0.39, 0.29) is 22.0 Å². The molecule has 37 heavy (non-hydrogen) atoms. The molecule has 3 N–H and O–H groups in total. The number of fused-ring (bicyclic) bond motifs is 2. The van der Waals surface area contributed by atoms with E-state index >= 15 is 4.39 Å². The highest BCUT2D eigenvalue weighted by atomic mass is 19.4. The molecule has 0 unspecified atom stereocenters.